The highest BCUT2D eigenvalue weighted by molar-refractivity contribution is 5.81. The highest BCUT2D eigenvalue weighted by Crippen LogP contribution is 2.27. The van der Waals surface area contributed by atoms with Gasteiger partial charge >= 0.3 is 6.18 Å². The van der Waals surface area contributed by atoms with Crippen LogP contribution >= 0.6 is 0 Å². The monoisotopic (exact) mass is 282 g/mol. The average molecular weight is 282 g/mol. The van der Waals surface area contributed by atoms with Crippen molar-refractivity contribution in [3.05, 3.63) is 0 Å². The Bertz CT molecular complexity index is 302. The minimum Gasteiger partial charge on any atom is -0.389 e. The summed E-state index contributed by atoms with van der Waals surface area (Å²) in [6.45, 7) is 0.383. The molecule has 1 saturated carbocycles. The van der Waals surface area contributed by atoms with Gasteiger partial charge in [-0.2, -0.15) is 13.2 Å². The summed E-state index contributed by atoms with van der Waals surface area (Å²) in [5, 5.41) is 14.8. The maximum absolute atomic E-state index is 11.9. The zero-order valence-electron chi connectivity index (χ0n) is 11.0. The molecule has 7 heteroatoms. The van der Waals surface area contributed by atoms with Crippen molar-refractivity contribution in [3.8, 4) is 0 Å². The molecule has 1 aliphatic carbocycles. The molecule has 0 aliphatic heterocycles. The molecule has 1 fully saturated rings. The SMILES string of the molecule is CC(NCC1(O)CCCCC1)C(=O)NCC(F)(F)F. The van der Waals surface area contributed by atoms with Crippen molar-refractivity contribution in [2.75, 3.05) is 13.1 Å². The van der Waals surface area contributed by atoms with Gasteiger partial charge in [-0.3, -0.25) is 4.79 Å². The molecule has 0 saturated heterocycles. The van der Waals surface area contributed by atoms with Crippen LogP contribution in [0.25, 0.3) is 0 Å². The van der Waals surface area contributed by atoms with Crippen LogP contribution in [0.1, 0.15) is 39.0 Å². The summed E-state index contributed by atoms with van der Waals surface area (Å²) in [5.41, 5.74) is -0.836. The maximum atomic E-state index is 11.9. The number of carbonyl (C=O) groups is 1. The predicted octanol–water partition coefficient (Wildman–Crippen LogP) is 1.34. The lowest BCUT2D eigenvalue weighted by Crippen LogP contribution is -2.50. The molecule has 1 aliphatic rings. The topological polar surface area (TPSA) is 61.4 Å². The van der Waals surface area contributed by atoms with Crippen LogP contribution in [0.15, 0.2) is 0 Å². The predicted molar refractivity (Wildman–Crippen MR) is 64.6 cm³/mol. The van der Waals surface area contributed by atoms with Gasteiger partial charge in [0.25, 0.3) is 0 Å². The summed E-state index contributed by atoms with van der Waals surface area (Å²) in [6.07, 6.45) is -0.117. The zero-order valence-corrected chi connectivity index (χ0v) is 11.0. The number of nitrogens with one attached hydrogen (secondary N) is 2. The van der Waals surface area contributed by atoms with Crippen molar-refractivity contribution >= 4 is 5.91 Å². The Labute approximate surface area is 110 Å². The van der Waals surface area contributed by atoms with Crippen LogP contribution in [0.2, 0.25) is 0 Å². The molecular formula is C12H21F3N2O2. The van der Waals surface area contributed by atoms with Gasteiger partial charge in [0.1, 0.15) is 6.54 Å². The van der Waals surface area contributed by atoms with E-state index in [1.807, 2.05) is 5.32 Å². The van der Waals surface area contributed by atoms with Crippen molar-refractivity contribution in [1.29, 1.82) is 0 Å². The first-order valence-corrected chi connectivity index (χ1v) is 6.52. The molecule has 0 radical (unpaired) electrons. The lowest BCUT2D eigenvalue weighted by molar-refractivity contribution is -0.139. The maximum Gasteiger partial charge on any atom is 0.405 e. The van der Waals surface area contributed by atoms with E-state index < -0.39 is 30.3 Å². The average Bonchev–Trinajstić information content (AvgIpc) is 2.33. The van der Waals surface area contributed by atoms with E-state index >= 15 is 0 Å². The number of alkyl halides is 3. The lowest BCUT2D eigenvalue weighted by atomic mass is 9.85. The van der Waals surface area contributed by atoms with Crippen molar-refractivity contribution in [2.45, 2.75) is 56.8 Å². The highest BCUT2D eigenvalue weighted by Gasteiger charge is 2.31. The van der Waals surface area contributed by atoms with Gasteiger partial charge in [-0.1, -0.05) is 19.3 Å². The van der Waals surface area contributed by atoms with E-state index in [1.165, 1.54) is 6.92 Å². The molecule has 19 heavy (non-hydrogen) atoms. The number of amides is 1. The van der Waals surface area contributed by atoms with Crippen LogP contribution in [0.4, 0.5) is 13.2 Å². The molecular weight excluding hydrogens is 261 g/mol. The molecule has 112 valence electrons. The summed E-state index contributed by atoms with van der Waals surface area (Å²) in [6, 6.07) is -0.756. The molecule has 3 N–H and O–H groups in total. The van der Waals surface area contributed by atoms with Crippen LogP contribution in [-0.4, -0.2) is 41.9 Å². The number of rotatable bonds is 5. The fraction of sp³-hybridized carbons (Fsp3) is 0.917. The molecule has 1 atom stereocenters. The summed E-state index contributed by atoms with van der Waals surface area (Å²) >= 11 is 0. The minimum absolute atomic E-state index is 0.230. The Morgan fingerprint density at radius 2 is 1.89 bits per heavy atom. The smallest absolute Gasteiger partial charge is 0.389 e. The summed E-state index contributed by atoms with van der Waals surface area (Å²) in [5.74, 6) is -0.711. The first-order valence-electron chi connectivity index (χ1n) is 6.52. The molecule has 0 aromatic rings. The molecule has 4 nitrogen and oxygen atoms in total. The third kappa shape index (κ3) is 6.24. The second-order valence-corrected chi connectivity index (χ2v) is 5.22. The summed E-state index contributed by atoms with van der Waals surface area (Å²) < 4.78 is 35.8. The first-order chi connectivity index (χ1) is 8.72. The number of carbonyl (C=O) groups excluding carboxylic acids is 1. The van der Waals surface area contributed by atoms with Crippen LogP contribution in [0.3, 0.4) is 0 Å². The summed E-state index contributed by atoms with van der Waals surface area (Å²) in [7, 11) is 0. The summed E-state index contributed by atoms with van der Waals surface area (Å²) in [4.78, 5) is 11.4. The van der Waals surface area contributed by atoms with Gasteiger partial charge in [0.05, 0.1) is 11.6 Å². The highest BCUT2D eigenvalue weighted by atomic mass is 19.4. The second-order valence-electron chi connectivity index (χ2n) is 5.22. The van der Waals surface area contributed by atoms with E-state index in [0.717, 1.165) is 19.3 Å². The van der Waals surface area contributed by atoms with Crippen LogP contribution < -0.4 is 10.6 Å². The first kappa shape index (κ1) is 16.2. The third-order valence-electron chi connectivity index (χ3n) is 3.38. The van der Waals surface area contributed by atoms with Gasteiger partial charge in [-0.25, -0.2) is 0 Å². The van der Waals surface area contributed by atoms with Crippen LogP contribution in [-0.2, 0) is 4.79 Å². The van der Waals surface area contributed by atoms with Gasteiger partial charge in [0, 0.05) is 6.54 Å². The lowest BCUT2D eigenvalue weighted by Gasteiger charge is -2.33. The molecule has 1 amide bonds. The number of hydrogen-bond donors (Lipinski definition) is 3. The quantitative estimate of drug-likeness (QED) is 0.713. The van der Waals surface area contributed by atoms with E-state index in [2.05, 4.69) is 5.32 Å². The van der Waals surface area contributed by atoms with Crippen molar-refractivity contribution < 1.29 is 23.1 Å². The van der Waals surface area contributed by atoms with Crippen LogP contribution in [0, 0.1) is 0 Å². The molecule has 0 aromatic heterocycles. The molecule has 0 bridgehead atoms. The number of halogens is 3. The molecule has 0 aromatic carbocycles. The van der Waals surface area contributed by atoms with Gasteiger partial charge in [-0.15, -0.1) is 0 Å². The molecule has 1 unspecified atom stereocenters. The van der Waals surface area contributed by atoms with Gasteiger partial charge < -0.3 is 15.7 Å². The Morgan fingerprint density at radius 3 is 2.42 bits per heavy atom. The van der Waals surface area contributed by atoms with E-state index in [4.69, 9.17) is 0 Å². The van der Waals surface area contributed by atoms with Crippen molar-refractivity contribution in [2.24, 2.45) is 0 Å². The van der Waals surface area contributed by atoms with Gasteiger partial charge in [0.2, 0.25) is 5.91 Å². The fourth-order valence-corrected chi connectivity index (χ4v) is 2.16. The normalized spacial score (nSPS) is 20.9. The Hall–Kier alpha value is -0.820. The number of aliphatic hydroxyl groups is 1. The minimum atomic E-state index is -4.41. The Morgan fingerprint density at radius 1 is 1.32 bits per heavy atom. The Kier molecular flexibility index (Phi) is 5.61. The van der Waals surface area contributed by atoms with Gasteiger partial charge in [0.15, 0.2) is 0 Å². The van der Waals surface area contributed by atoms with Crippen molar-refractivity contribution in [3.63, 3.8) is 0 Å². The number of hydrogen-bond acceptors (Lipinski definition) is 3. The zero-order chi connectivity index (χ0) is 14.5. The van der Waals surface area contributed by atoms with Crippen LogP contribution in [0.5, 0.6) is 0 Å². The second kappa shape index (κ2) is 6.56. The van der Waals surface area contributed by atoms with E-state index in [0.29, 0.717) is 12.8 Å². The van der Waals surface area contributed by atoms with E-state index in [1.54, 1.807) is 0 Å². The fourth-order valence-electron chi connectivity index (χ4n) is 2.16. The molecule has 0 spiro atoms. The van der Waals surface area contributed by atoms with E-state index in [-0.39, 0.29) is 6.54 Å². The third-order valence-corrected chi connectivity index (χ3v) is 3.38. The van der Waals surface area contributed by atoms with E-state index in [9.17, 15) is 23.1 Å². The standard InChI is InChI=1S/C12H21F3N2O2/c1-9(10(18)17-8-12(13,14)15)16-7-11(19)5-3-2-4-6-11/h9,16,19H,2-8H2,1H3,(H,17,18). The van der Waals surface area contributed by atoms with Crippen molar-refractivity contribution in [1.82, 2.24) is 10.6 Å². The molecule has 1 rings (SSSR count). The molecule has 0 heterocycles. The Balaban J connectivity index is 2.29. The van der Waals surface area contributed by atoms with Gasteiger partial charge in [-0.05, 0) is 19.8 Å². The largest absolute Gasteiger partial charge is 0.405 e.